The van der Waals surface area contributed by atoms with Gasteiger partial charge in [0.1, 0.15) is 5.82 Å². The van der Waals surface area contributed by atoms with E-state index < -0.39 is 5.41 Å². The van der Waals surface area contributed by atoms with Crippen LogP contribution >= 0.6 is 0 Å². The Balaban J connectivity index is 2.06. The summed E-state index contributed by atoms with van der Waals surface area (Å²) in [5.41, 5.74) is 1.68. The van der Waals surface area contributed by atoms with Gasteiger partial charge in [0.15, 0.2) is 0 Å². The molecule has 3 nitrogen and oxygen atoms in total. The van der Waals surface area contributed by atoms with Crippen molar-refractivity contribution in [2.24, 2.45) is 0 Å². The first kappa shape index (κ1) is 11.9. The van der Waals surface area contributed by atoms with Crippen molar-refractivity contribution in [1.82, 2.24) is 4.98 Å². The number of rotatable bonds is 2. The van der Waals surface area contributed by atoms with Crippen LogP contribution < -0.4 is 4.90 Å². The molecule has 19 heavy (non-hydrogen) atoms. The first-order chi connectivity index (χ1) is 9.13. The van der Waals surface area contributed by atoms with Gasteiger partial charge in [0.25, 0.3) is 0 Å². The van der Waals surface area contributed by atoms with Crippen LogP contribution in [-0.4, -0.2) is 17.9 Å². The van der Waals surface area contributed by atoms with Crippen LogP contribution in [0.4, 0.5) is 5.82 Å². The van der Waals surface area contributed by atoms with Crippen molar-refractivity contribution in [3.8, 4) is 0 Å². The summed E-state index contributed by atoms with van der Waals surface area (Å²) in [6.45, 7) is 2.01. The second-order valence-corrected chi connectivity index (χ2v) is 5.23. The molecule has 3 rings (SSSR count). The zero-order chi connectivity index (χ0) is 13.5. The summed E-state index contributed by atoms with van der Waals surface area (Å²) in [5.74, 6) is 0.899. The Kier molecular flexibility index (Phi) is 2.63. The van der Waals surface area contributed by atoms with Crippen LogP contribution in [-0.2, 0) is 16.6 Å². The third-order valence-electron chi connectivity index (χ3n) is 3.88. The first-order valence-corrected chi connectivity index (χ1v) is 6.40. The van der Waals surface area contributed by atoms with Gasteiger partial charge in [-0.15, -0.1) is 0 Å². The van der Waals surface area contributed by atoms with Gasteiger partial charge in [0, 0.05) is 18.8 Å². The monoisotopic (exact) mass is 252 g/mol. The molecule has 1 aromatic carbocycles. The lowest BCUT2D eigenvalue weighted by atomic mass is 9.79. The number of benzene rings is 1. The van der Waals surface area contributed by atoms with Crippen molar-refractivity contribution in [2.75, 3.05) is 11.9 Å². The Hall–Kier alpha value is -2.16. The molecule has 0 aliphatic carbocycles. The maximum atomic E-state index is 12.6. The summed E-state index contributed by atoms with van der Waals surface area (Å²) in [5, 5.41) is 0. The summed E-state index contributed by atoms with van der Waals surface area (Å²) >= 11 is 0. The molecular weight excluding hydrogens is 236 g/mol. The van der Waals surface area contributed by atoms with Crippen molar-refractivity contribution in [2.45, 2.75) is 18.8 Å². The smallest absolute Gasteiger partial charge is 0.238 e. The average Bonchev–Trinajstić information content (AvgIpc) is 2.63. The fraction of sp³-hybridized carbons (Fsp3) is 0.250. The molecule has 1 unspecified atom stereocenters. The molecule has 0 saturated carbocycles. The molecule has 1 aromatic heterocycles. The maximum absolute atomic E-state index is 12.6. The average molecular weight is 252 g/mol. The highest BCUT2D eigenvalue weighted by Gasteiger charge is 2.46. The van der Waals surface area contributed by atoms with Crippen LogP contribution in [0.2, 0.25) is 0 Å². The molecular formula is C16H16N2O. The quantitative estimate of drug-likeness (QED) is 0.823. The maximum Gasteiger partial charge on any atom is 0.238 e. The van der Waals surface area contributed by atoms with E-state index in [-0.39, 0.29) is 5.91 Å². The number of likely N-dealkylation sites (N-methyl/N-ethyl adjacent to an activating group) is 1. The molecule has 96 valence electrons. The van der Waals surface area contributed by atoms with Crippen molar-refractivity contribution < 1.29 is 4.79 Å². The van der Waals surface area contributed by atoms with E-state index in [1.165, 1.54) is 5.56 Å². The summed E-state index contributed by atoms with van der Waals surface area (Å²) in [6.07, 6.45) is 2.44. The molecule has 0 fully saturated rings. The number of carbonyl (C=O) groups is 1. The van der Waals surface area contributed by atoms with Crippen LogP contribution in [0, 0.1) is 0 Å². The molecule has 0 saturated heterocycles. The van der Waals surface area contributed by atoms with Crippen LogP contribution in [0.5, 0.6) is 0 Å². The van der Waals surface area contributed by atoms with Crippen LogP contribution in [0.3, 0.4) is 0 Å². The van der Waals surface area contributed by atoms with E-state index in [0.717, 1.165) is 11.4 Å². The van der Waals surface area contributed by atoms with Gasteiger partial charge in [-0.05, 0) is 25.0 Å². The van der Waals surface area contributed by atoms with Gasteiger partial charge in [0.2, 0.25) is 5.91 Å². The van der Waals surface area contributed by atoms with E-state index in [1.807, 2.05) is 37.3 Å². The second kappa shape index (κ2) is 4.19. The van der Waals surface area contributed by atoms with E-state index in [0.29, 0.717) is 6.42 Å². The van der Waals surface area contributed by atoms with Gasteiger partial charge in [-0.3, -0.25) is 9.69 Å². The topological polar surface area (TPSA) is 33.2 Å². The Labute approximate surface area is 112 Å². The predicted molar refractivity (Wildman–Crippen MR) is 75.1 cm³/mol. The van der Waals surface area contributed by atoms with Crippen LogP contribution in [0.15, 0.2) is 48.7 Å². The van der Waals surface area contributed by atoms with Crippen LogP contribution in [0.1, 0.15) is 18.1 Å². The fourth-order valence-corrected chi connectivity index (χ4v) is 2.85. The number of amides is 1. The van der Waals surface area contributed by atoms with Crippen molar-refractivity contribution in [1.29, 1.82) is 0 Å². The minimum Gasteiger partial charge on any atom is -0.299 e. The van der Waals surface area contributed by atoms with E-state index >= 15 is 0 Å². The Morgan fingerprint density at radius 1 is 1.16 bits per heavy atom. The summed E-state index contributed by atoms with van der Waals surface area (Å²) < 4.78 is 0. The lowest BCUT2D eigenvalue weighted by molar-refractivity contribution is -0.122. The van der Waals surface area contributed by atoms with E-state index in [9.17, 15) is 4.79 Å². The van der Waals surface area contributed by atoms with Gasteiger partial charge in [-0.2, -0.15) is 0 Å². The summed E-state index contributed by atoms with van der Waals surface area (Å²) in [7, 11) is 1.80. The number of carbonyl (C=O) groups excluding carboxylic acids is 1. The number of aromatic nitrogens is 1. The molecule has 1 atom stereocenters. The van der Waals surface area contributed by atoms with Crippen molar-refractivity contribution >= 4 is 11.7 Å². The lowest BCUT2D eigenvalue weighted by Gasteiger charge is -2.23. The molecule has 3 heteroatoms. The van der Waals surface area contributed by atoms with Crippen molar-refractivity contribution in [3.63, 3.8) is 0 Å². The lowest BCUT2D eigenvalue weighted by Crippen LogP contribution is -2.37. The number of pyridine rings is 1. The Morgan fingerprint density at radius 3 is 2.63 bits per heavy atom. The predicted octanol–water partition coefficient (Wildman–Crippen LogP) is 2.56. The van der Waals surface area contributed by atoms with E-state index in [2.05, 4.69) is 17.1 Å². The minimum absolute atomic E-state index is 0.116. The number of nitrogens with zero attached hydrogens (tertiary/aromatic N) is 2. The highest BCUT2D eigenvalue weighted by molar-refractivity contribution is 6.06. The van der Waals surface area contributed by atoms with Crippen molar-refractivity contribution in [3.05, 3.63) is 59.8 Å². The number of hydrogen-bond donors (Lipinski definition) is 0. The molecule has 2 aromatic rings. The molecule has 0 N–H and O–H groups in total. The van der Waals surface area contributed by atoms with Gasteiger partial charge in [0.05, 0.1) is 5.41 Å². The summed E-state index contributed by atoms with van der Waals surface area (Å²) in [6, 6.07) is 14.0. The van der Waals surface area contributed by atoms with Gasteiger partial charge < -0.3 is 0 Å². The molecule has 2 heterocycles. The van der Waals surface area contributed by atoms with Crippen LogP contribution in [0.25, 0.3) is 0 Å². The van der Waals surface area contributed by atoms with E-state index in [4.69, 9.17) is 0 Å². The molecule has 0 spiro atoms. The molecule has 0 radical (unpaired) electrons. The summed E-state index contributed by atoms with van der Waals surface area (Å²) in [4.78, 5) is 18.6. The molecule has 1 aliphatic rings. The molecule has 0 bridgehead atoms. The number of anilines is 1. The fourth-order valence-electron chi connectivity index (χ4n) is 2.85. The normalized spacial score (nSPS) is 21.6. The molecule has 1 amide bonds. The highest BCUT2D eigenvalue weighted by Crippen LogP contribution is 2.41. The zero-order valence-corrected chi connectivity index (χ0v) is 11.1. The zero-order valence-electron chi connectivity index (χ0n) is 11.1. The third kappa shape index (κ3) is 1.73. The van der Waals surface area contributed by atoms with Gasteiger partial charge in [-0.25, -0.2) is 4.98 Å². The molecule has 1 aliphatic heterocycles. The van der Waals surface area contributed by atoms with Gasteiger partial charge in [-0.1, -0.05) is 36.4 Å². The standard InChI is InChI=1S/C16H16N2O/c1-16(11-12-7-4-3-5-8-12)13-9-6-10-17-14(13)18(2)15(16)19/h3-10H,11H2,1-2H3. The Bertz CT molecular complexity index is 624. The number of hydrogen-bond acceptors (Lipinski definition) is 2. The highest BCUT2D eigenvalue weighted by atomic mass is 16.2. The minimum atomic E-state index is -0.514. The van der Waals surface area contributed by atoms with E-state index in [1.54, 1.807) is 18.1 Å². The van der Waals surface area contributed by atoms with Gasteiger partial charge >= 0.3 is 0 Å². The number of fused-ring (bicyclic) bond motifs is 1. The third-order valence-corrected chi connectivity index (χ3v) is 3.88. The Morgan fingerprint density at radius 2 is 1.89 bits per heavy atom. The SMILES string of the molecule is CN1C(=O)C(C)(Cc2ccccc2)c2cccnc21. The second-order valence-electron chi connectivity index (χ2n) is 5.23. The largest absolute Gasteiger partial charge is 0.299 e. The first-order valence-electron chi connectivity index (χ1n) is 6.40.